The molecule has 1 amide bonds. The van der Waals surface area contributed by atoms with Gasteiger partial charge in [-0.05, 0) is 24.6 Å². The molecule has 1 unspecified atom stereocenters. The Morgan fingerprint density at radius 2 is 1.95 bits per heavy atom. The summed E-state index contributed by atoms with van der Waals surface area (Å²) in [4.78, 5) is 17.9. The fourth-order valence-electron chi connectivity index (χ4n) is 1.87. The zero-order valence-electron chi connectivity index (χ0n) is 10.9. The maximum absolute atomic E-state index is 12.4. The second-order valence-corrected chi connectivity index (χ2v) is 4.76. The van der Waals surface area contributed by atoms with Crippen molar-refractivity contribution in [2.75, 3.05) is 7.05 Å². The Morgan fingerprint density at radius 3 is 2.58 bits per heavy atom. The van der Waals surface area contributed by atoms with Crippen LogP contribution in [0.3, 0.4) is 0 Å². The van der Waals surface area contributed by atoms with Gasteiger partial charge in [-0.15, -0.1) is 0 Å². The molecule has 1 heterocycles. The van der Waals surface area contributed by atoms with Crippen LogP contribution in [0.1, 0.15) is 28.9 Å². The number of hydrogen-bond donors (Lipinski definition) is 0. The molecule has 0 aliphatic carbocycles. The highest BCUT2D eigenvalue weighted by Crippen LogP contribution is 2.20. The molecule has 0 aliphatic heterocycles. The van der Waals surface area contributed by atoms with Gasteiger partial charge in [0, 0.05) is 18.8 Å². The molecular formula is C15H15ClN2O. The minimum atomic E-state index is -0.0688. The third kappa shape index (κ3) is 3.12. The zero-order valence-corrected chi connectivity index (χ0v) is 11.6. The highest BCUT2D eigenvalue weighted by Gasteiger charge is 2.18. The number of halogens is 1. The van der Waals surface area contributed by atoms with Crippen LogP contribution in [0.5, 0.6) is 0 Å². The van der Waals surface area contributed by atoms with Gasteiger partial charge in [-0.3, -0.25) is 4.79 Å². The number of benzene rings is 1. The molecule has 0 radical (unpaired) electrons. The molecule has 0 fully saturated rings. The van der Waals surface area contributed by atoms with Crippen molar-refractivity contribution in [3.05, 3.63) is 64.9 Å². The lowest BCUT2D eigenvalue weighted by Gasteiger charge is -2.25. The van der Waals surface area contributed by atoms with E-state index in [-0.39, 0.29) is 11.9 Å². The summed E-state index contributed by atoms with van der Waals surface area (Å²) in [5.74, 6) is -0.0688. The van der Waals surface area contributed by atoms with E-state index in [1.54, 1.807) is 24.1 Å². The van der Waals surface area contributed by atoms with Gasteiger partial charge in [0.25, 0.3) is 5.91 Å². The van der Waals surface area contributed by atoms with Gasteiger partial charge in [-0.25, -0.2) is 4.98 Å². The predicted octanol–water partition coefficient (Wildman–Crippen LogP) is 3.57. The van der Waals surface area contributed by atoms with E-state index >= 15 is 0 Å². The average Bonchev–Trinajstić information content (AvgIpc) is 2.46. The molecule has 0 saturated heterocycles. The van der Waals surface area contributed by atoms with E-state index in [2.05, 4.69) is 4.98 Å². The number of pyridine rings is 1. The van der Waals surface area contributed by atoms with E-state index < -0.39 is 0 Å². The summed E-state index contributed by atoms with van der Waals surface area (Å²) >= 11 is 5.81. The normalized spacial score (nSPS) is 11.9. The standard InChI is InChI=1S/C15H15ClN2O/c1-11(12-6-4-3-5-7-12)18(2)15(19)13-8-9-17-14(16)10-13/h3-11H,1-2H3. The van der Waals surface area contributed by atoms with Gasteiger partial charge in [0.1, 0.15) is 5.15 Å². The van der Waals surface area contributed by atoms with E-state index in [4.69, 9.17) is 11.6 Å². The highest BCUT2D eigenvalue weighted by molar-refractivity contribution is 6.29. The number of carbonyl (C=O) groups excluding carboxylic acids is 1. The molecule has 4 heteroatoms. The maximum atomic E-state index is 12.4. The van der Waals surface area contributed by atoms with Crippen molar-refractivity contribution in [2.24, 2.45) is 0 Å². The van der Waals surface area contributed by atoms with Crippen LogP contribution in [0.2, 0.25) is 5.15 Å². The molecule has 0 N–H and O–H groups in total. The molecule has 1 atom stereocenters. The van der Waals surface area contributed by atoms with Gasteiger partial charge in [0.15, 0.2) is 0 Å². The lowest BCUT2D eigenvalue weighted by molar-refractivity contribution is 0.0742. The second kappa shape index (κ2) is 5.85. The number of carbonyl (C=O) groups is 1. The number of aromatic nitrogens is 1. The van der Waals surface area contributed by atoms with Crippen LogP contribution in [-0.4, -0.2) is 22.8 Å². The van der Waals surface area contributed by atoms with Crippen molar-refractivity contribution in [3.63, 3.8) is 0 Å². The summed E-state index contributed by atoms with van der Waals surface area (Å²) in [7, 11) is 1.79. The largest absolute Gasteiger partial charge is 0.335 e. The SMILES string of the molecule is CC(c1ccccc1)N(C)C(=O)c1ccnc(Cl)c1. The van der Waals surface area contributed by atoms with Crippen molar-refractivity contribution in [1.82, 2.24) is 9.88 Å². The zero-order chi connectivity index (χ0) is 13.8. The lowest BCUT2D eigenvalue weighted by atomic mass is 10.1. The first-order valence-corrected chi connectivity index (χ1v) is 6.41. The molecule has 0 spiro atoms. The van der Waals surface area contributed by atoms with Crippen LogP contribution in [-0.2, 0) is 0 Å². The third-order valence-electron chi connectivity index (χ3n) is 3.16. The van der Waals surface area contributed by atoms with E-state index in [0.29, 0.717) is 10.7 Å². The highest BCUT2D eigenvalue weighted by atomic mass is 35.5. The molecule has 0 saturated carbocycles. The first-order valence-electron chi connectivity index (χ1n) is 6.03. The smallest absolute Gasteiger partial charge is 0.254 e. The van der Waals surface area contributed by atoms with Crippen LogP contribution >= 0.6 is 11.6 Å². The van der Waals surface area contributed by atoms with Crippen LogP contribution < -0.4 is 0 Å². The molecule has 19 heavy (non-hydrogen) atoms. The fraction of sp³-hybridized carbons (Fsp3) is 0.200. The van der Waals surface area contributed by atoms with Gasteiger partial charge in [0.2, 0.25) is 0 Å². The van der Waals surface area contributed by atoms with Gasteiger partial charge < -0.3 is 4.90 Å². The monoisotopic (exact) mass is 274 g/mol. The Balaban J connectivity index is 2.20. The first kappa shape index (κ1) is 13.6. The van der Waals surface area contributed by atoms with Gasteiger partial charge >= 0.3 is 0 Å². The van der Waals surface area contributed by atoms with Crippen LogP contribution in [0.25, 0.3) is 0 Å². The Morgan fingerprint density at radius 1 is 1.26 bits per heavy atom. The molecule has 98 valence electrons. The fourth-order valence-corrected chi connectivity index (χ4v) is 2.04. The molecule has 1 aromatic heterocycles. The molecule has 2 aromatic rings. The minimum Gasteiger partial charge on any atom is -0.335 e. The summed E-state index contributed by atoms with van der Waals surface area (Å²) in [5.41, 5.74) is 1.64. The predicted molar refractivity (Wildman–Crippen MR) is 76.2 cm³/mol. The molecule has 0 bridgehead atoms. The molecule has 1 aromatic carbocycles. The lowest BCUT2D eigenvalue weighted by Crippen LogP contribution is -2.29. The quantitative estimate of drug-likeness (QED) is 0.802. The van der Waals surface area contributed by atoms with Crippen molar-refractivity contribution in [3.8, 4) is 0 Å². The number of rotatable bonds is 3. The summed E-state index contributed by atoms with van der Waals surface area (Å²) in [6.07, 6.45) is 1.54. The van der Waals surface area contributed by atoms with Gasteiger partial charge in [0.05, 0.1) is 6.04 Å². The van der Waals surface area contributed by atoms with E-state index in [9.17, 15) is 4.79 Å². The van der Waals surface area contributed by atoms with E-state index in [1.807, 2.05) is 37.3 Å². The Kier molecular flexibility index (Phi) is 4.17. The van der Waals surface area contributed by atoms with Gasteiger partial charge in [-0.2, -0.15) is 0 Å². The average molecular weight is 275 g/mol. The molecule has 3 nitrogen and oxygen atoms in total. The maximum Gasteiger partial charge on any atom is 0.254 e. The van der Waals surface area contributed by atoms with Crippen LogP contribution in [0.15, 0.2) is 48.7 Å². The Bertz CT molecular complexity index is 571. The minimum absolute atomic E-state index is 0.000593. The van der Waals surface area contributed by atoms with Crippen LogP contribution in [0.4, 0.5) is 0 Å². The van der Waals surface area contributed by atoms with Crippen molar-refractivity contribution >= 4 is 17.5 Å². The summed E-state index contributed by atoms with van der Waals surface area (Å²) in [6, 6.07) is 13.2. The van der Waals surface area contributed by atoms with E-state index in [0.717, 1.165) is 5.56 Å². The van der Waals surface area contributed by atoms with Crippen molar-refractivity contribution < 1.29 is 4.79 Å². The van der Waals surface area contributed by atoms with Crippen LogP contribution in [0, 0.1) is 0 Å². The topological polar surface area (TPSA) is 33.2 Å². The molecule has 0 aliphatic rings. The Hall–Kier alpha value is -1.87. The summed E-state index contributed by atoms with van der Waals surface area (Å²) in [5, 5.41) is 0.326. The molecular weight excluding hydrogens is 260 g/mol. The van der Waals surface area contributed by atoms with E-state index in [1.165, 1.54) is 6.20 Å². The first-order chi connectivity index (χ1) is 9.09. The third-order valence-corrected chi connectivity index (χ3v) is 3.36. The second-order valence-electron chi connectivity index (χ2n) is 4.37. The number of hydrogen-bond acceptors (Lipinski definition) is 2. The van der Waals surface area contributed by atoms with Crippen molar-refractivity contribution in [2.45, 2.75) is 13.0 Å². The number of nitrogens with zero attached hydrogens (tertiary/aromatic N) is 2. The van der Waals surface area contributed by atoms with Gasteiger partial charge in [-0.1, -0.05) is 41.9 Å². The van der Waals surface area contributed by atoms with Crippen molar-refractivity contribution in [1.29, 1.82) is 0 Å². The summed E-state index contributed by atoms with van der Waals surface area (Å²) < 4.78 is 0. The molecule has 2 rings (SSSR count). The Labute approximate surface area is 117 Å². The number of amides is 1. The summed E-state index contributed by atoms with van der Waals surface area (Å²) in [6.45, 7) is 2.00.